The van der Waals surface area contributed by atoms with Gasteiger partial charge < -0.3 is 19.7 Å². The second-order valence-corrected chi connectivity index (χ2v) is 12.9. The fourth-order valence-corrected chi connectivity index (χ4v) is 6.87. The van der Waals surface area contributed by atoms with Crippen LogP contribution >= 0.6 is 0 Å². The van der Waals surface area contributed by atoms with Crippen molar-refractivity contribution in [3.05, 3.63) is 24.3 Å². The number of carbonyl (C=O) groups is 2. The average molecular weight is 563 g/mol. The molecule has 40 heavy (non-hydrogen) atoms. The summed E-state index contributed by atoms with van der Waals surface area (Å²) in [6, 6.07) is 0. The summed E-state index contributed by atoms with van der Waals surface area (Å²) in [5, 5.41) is 18.6. The lowest BCUT2D eigenvalue weighted by atomic mass is 9.67. The molecule has 6 nitrogen and oxygen atoms in total. The molecule has 2 aliphatic rings. The smallest absolute Gasteiger partial charge is 0.335 e. The summed E-state index contributed by atoms with van der Waals surface area (Å²) < 4.78 is 11.2. The molecule has 230 valence electrons. The first-order chi connectivity index (χ1) is 19.3. The van der Waals surface area contributed by atoms with Crippen LogP contribution in [0, 0.1) is 29.1 Å². The maximum atomic E-state index is 12.3. The third-order valence-corrected chi connectivity index (χ3v) is 9.79. The van der Waals surface area contributed by atoms with E-state index >= 15 is 0 Å². The molecule has 0 heterocycles. The van der Waals surface area contributed by atoms with Gasteiger partial charge in [-0.05, 0) is 68.6 Å². The van der Waals surface area contributed by atoms with Gasteiger partial charge in [0.1, 0.15) is 13.2 Å². The van der Waals surface area contributed by atoms with Crippen molar-refractivity contribution < 1.29 is 29.3 Å². The van der Waals surface area contributed by atoms with Crippen molar-refractivity contribution in [3.63, 3.8) is 0 Å². The van der Waals surface area contributed by atoms with Gasteiger partial charge in [-0.15, -0.1) is 0 Å². The maximum absolute atomic E-state index is 12.3. The van der Waals surface area contributed by atoms with Crippen LogP contribution < -0.4 is 0 Å². The number of hydrogen-bond donors (Lipinski definition) is 2. The summed E-state index contributed by atoms with van der Waals surface area (Å²) in [5.41, 5.74) is -0.480. The van der Waals surface area contributed by atoms with Gasteiger partial charge >= 0.3 is 11.9 Å². The largest absolute Gasteiger partial charge is 0.462 e. The normalized spacial score (nSPS) is 23.4. The zero-order valence-electron chi connectivity index (χ0n) is 25.6. The maximum Gasteiger partial charge on any atom is 0.335 e. The van der Waals surface area contributed by atoms with Crippen LogP contribution in [0.25, 0.3) is 0 Å². The Morgan fingerprint density at radius 1 is 0.675 bits per heavy atom. The third-order valence-electron chi connectivity index (χ3n) is 9.79. The number of unbranched alkanes of at least 4 members (excludes halogenated alkanes) is 3. The van der Waals surface area contributed by atoms with Gasteiger partial charge in [0.15, 0.2) is 0 Å². The molecule has 0 unspecified atom stereocenters. The summed E-state index contributed by atoms with van der Waals surface area (Å²) in [5.74, 6) is 2.14. The van der Waals surface area contributed by atoms with Crippen molar-refractivity contribution >= 4 is 11.9 Å². The highest BCUT2D eigenvalue weighted by Crippen LogP contribution is 2.44. The predicted octanol–water partition coefficient (Wildman–Crippen LogP) is 7.32. The highest BCUT2D eigenvalue weighted by atomic mass is 16.5. The molecule has 0 aromatic heterocycles. The van der Waals surface area contributed by atoms with Crippen molar-refractivity contribution in [1.29, 1.82) is 0 Å². The van der Waals surface area contributed by atoms with Crippen LogP contribution in [0.1, 0.15) is 123 Å². The summed E-state index contributed by atoms with van der Waals surface area (Å²) in [6.07, 6.45) is 20.8. The molecule has 0 atom stereocenters. The van der Waals surface area contributed by atoms with Crippen LogP contribution in [0.2, 0.25) is 0 Å². The fourth-order valence-electron chi connectivity index (χ4n) is 6.87. The van der Waals surface area contributed by atoms with E-state index < -0.39 is 30.6 Å². The van der Waals surface area contributed by atoms with Crippen LogP contribution in [0.5, 0.6) is 0 Å². The van der Waals surface area contributed by atoms with Crippen LogP contribution in [0.4, 0.5) is 0 Å². The fraction of sp³-hybridized carbons (Fsp3) is 0.824. The SMILES string of the molecule is C=C(CO)C(=O)OCC(CCCC)(CCC1CCC(C2CCC(CCCCC)CC2)CC1)COC(=O)C(=C)CO. The summed E-state index contributed by atoms with van der Waals surface area (Å²) >= 11 is 0. The minimum absolute atomic E-state index is 0.0170. The standard InChI is InChI=1S/C34H58O6/c1-5-7-9-10-28-11-15-30(16-12-28)31-17-13-29(14-18-31)19-21-34(20-8-6-2,24-39-32(37)26(3)22-35)25-40-33(38)27(4)23-36/h28-31,35-36H,3-25H2,1-2H3. The Balaban J connectivity index is 1.94. The molecule has 2 N–H and O–H groups in total. The van der Waals surface area contributed by atoms with Gasteiger partial charge in [-0.1, -0.05) is 91.2 Å². The molecule has 0 aromatic carbocycles. The minimum Gasteiger partial charge on any atom is -0.462 e. The Kier molecular flexibility index (Phi) is 16.2. The summed E-state index contributed by atoms with van der Waals surface area (Å²) in [4.78, 5) is 24.7. The van der Waals surface area contributed by atoms with E-state index in [0.717, 1.165) is 49.9 Å². The van der Waals surface area contributed by atoms with Gasteiger partial charge in [0, 0.05) is 5.41 Å². The lowest BCUT2D eigenvalue weighted by Crippen LogP contribution is -2.36. The van der Waals surface area contributed by atoms with Crippen molar-refractivity contribution in [2.24, 2.45) is 29.1 Å². The van der Waals surface area contributed by atoms with Crippen LogP contribution in [0.3, 0.4) is 0 Å². The number of ether oxygens (including phenoxy) is 2. The van der Waals surface area contributed by atoms with Gasteiger partial charge in [0.05, 0.1) is 24.4 Å². The molecule has 2 saturated carbocycles. The van der Waals surface area contributed by atoms with Gasteiger partial charge in [-0.25, -0.2) is 9.59 Å². The molecule has 0 bridgehead atoms. The second kappa shape index (κ2) is 18.7. The Morgan fingerprint density at radius 3 is 1.55 bits per heavy atom. The van der Waals surface area contributed by atoms with E-state index in [2.05, 4.69) is 27.0 Å². The predicted molar refractivity (Wildman–Crippen MR) is 161 cm³/mol. The van der Waals surface area contributed by atoms with Gasteiger partial charge in [-0.2, -0.15) is 0 Å². The lowest BCUT2D eigenvalue weighted by Gasteiger charge is -2.39. The van der Waals surface area contributed by atoms with Crippen LogP contribution in [0.15, 0.2) is 24.3 Å². The number of esters is 2. The Labute approximate surface area is 244 Å². The van der Waals surface area contributed by atoms with E-state index in [4.69, 9.17) is 9.47 Å². The van der Waals surface area contributed by atoms with Gasteiger partial charge in [0.2, 0.25) is 0 Å². The molecule has 2 aliphatic carbocycles. The van der Waals surface area contributed by atoms with E-state index in [9.17, 15) is 19.8 Å². The van der Waals surface area contributed by atoms with Crippen molar-refractivity contribution in [2.45, 2.75) is 123 Å². The molecule has 0 radical (unpaired) electrons. The Bertz CT molecular complexity index is 741. The molecule has 0 aliphatic heterocycles. The Hall–Kier alpha value is -1.66. The molecule has 0 aromatic rings. The first-order valence-corrected chi connectivity index (χ1v) is 16.2. The van der Waals surface area contributed by atoms with E-state index in [0.29, 0.717) is 5.92 Å². The number of rotatable bonds is 19. The van der Waals surface area contributed by atoms with Crippen LogP contribution in [-0.4, -0.2) is 48.6 Å². The molecule has 2 fully saturated rings. The van der Waals surface area contributed by atoms with E-state index in [1.54, 1.807) is 0 Å². The number of hydrogen-bond acceptors (Lipinski definition) is 6. The highest BCUT2D eigenvalue weighted by molar-refractivity contribution is 5.88. The zero-order chi connectivity index (χ0) is 29.4. The number of aliphatic hydroxyl groups is 2. The minimum atomic E-state index is -0.616. The third kappa shape index (κ3) is 11.7. The first kappa shape index (κ1) is 34.5. The van der Waals surface area contributed by atoms with Crippen molar-refractivity contribution in [3.8, 4) is 0 Å². The Morgan fingerprint density at radius 2 is 1.12 bits per heavy atom. The lowest BCUT2D eigenvalue weighted by molar-refractivity contribution is -0.151. The van der Waals surface area contributed by atoms with E-state index in [1.807, 2.05) is 0 Å². The molecule has 0 saturated heterocycles. The van der Waals surface area contributed by atoms with Crippen molar-refractivity contribution in [1.82, 2.24) is 0 Å². The summed E-state index contributed by atoms with van der Waals surface area (Å²) in [6.45, 7) is 10.9. The molecular formula is C34H58O6. The van der Waals surface area contributed by atoms with Crippen LogP contribution in [-0.2, 0) is 19.1 Å². The van der Waals surface area contributed by atoms with E-state index in [1.165, 1.54) is 77.0 Å². The quantitative estimate of drug-likeness (QED) is 0.0973. The van der Waals surface area contributed by atoms with Gasteiger partial charge in [-0.3, -0.25) is 0 Å². The molecule has 2 rings (SSSR count). The van der Waals surface area contributed by atoms with Crippen molar-refractivity contribution in [2.75, 3.05) is 26.4 Å². The zero-order valence-corrected chi connectivity index (χ0v) is 25.6. The average Bonchev–Trinajstić information content (AvgIpc) is 2.99. The summed E-state index contributed by atoms with van der Waals surface area (Å²) in [7, 11) is 0. The number of aliphatic hydroxyl groups excluding tert-OH is 2. The first-order valence-electron chi connectivity index (χ1n) is 16.2. The molecular weight excluding hydrogens is 504 g/mol. The molecule has 0 spiro atoms. The van der Waals surface area contributed by atoms with E-state index in [-0.39, 0.29) is 24.4 Å². The van der Waals surface area contributed by atoms with Gasteiger partial charge in [0.25, 0.3) is 0 Å². The highest BCUT2D eigenvalue weighted by Gasteiger charge is 2.36. The monoisotopic (exact) mass is 562 g/mol. The molecule has 0 amide bonds. The molecule has 6 heteroatoms. The topological polar surface area (TPSA) is 93.1 Å². The number of carbonyl (C=O) groups excluding carboxylic acids is 2. The second-order valence-electron chi connectivity index (χ2n) is 12.9.